The van der Waals surface area contributed by atoms with Crippen LogP contribution in [0.25, 0.3) is 30.6 Å². The molecule has 0 aliphatic rings. The average Bonchev–Trinajstić information content (AvgIpc) is 3.68. The number of hydrogen-bond donors (Lipinski definition) is 0. The van der Waals surface area contributed by atoms with Gasteiger partial charge in [0.05, 0.1) is 0 Å². The van der Waals surface area contributed by atoms with Crippen molar-refractivity contribution in [2.45, 2.75) is 117 Å². The van der Waals surface area contributed by atoms with Crippen molar-refractivity contribution in [3.05, 3.63) is 72.3 Å². The van der Waals surface area contributed by atoms with Crippen LogP contribution in [-0.4, -0.2) is 9.97 Å². The molecule has 0 aromatic carbocycles. The Morgan fingerprint density at radius 2 is 0.800 bits per heavy atom. The van der Waals surface area contributed by atoms with E-state index >= 15 is 0 Å². The Kier molecular flexibility index (Phi) is 13.4. The summed E-state index contributed by atoms with van der Waals surface area (Å²) in [6.07, 6.45) is 25.1. The fourth-order valence-corrected chi connectivity index (χ4v) is 7.30. The lowest BCUT2D eigenvalue weighted by atomic mass is 10.1. The molecule has 0 unspecified atom stereocenters. The summed E-state index contributed by atoms with van der Waals surface area (Å²) in [5, 5.41) is 0. The Labute approximate surface area is 251 Å². The molecule has 0 atom stereocenters. The first-order valence-electron chi connectivity index (χ1n) is 15.9. The summed E-state index contributed by atoms with van der Waals surface area (Å²) in [7, 11) is 0. The maximum Gasteiger partial charge on any atom is 0.0449 e. The van der Waals surface area contributed by atoms with Crippen LogP contribution >= 0.6 is 22.7 Å². The van der Waals surface area contributed by atoms with Gasteiger partial charge in [-0.05, 0) is 62.1 Å². The molecule has 0 aliphatic heterocycles. The van der Waals surface area contributed by atoms with E-state index in [1.165, 1.54) is 132 Å². The molecule has 214 valence electrons. The fraction of sp³-hybridized carbons (Fsp3) is 0.500. The number of thiophene rings is 2. The van der Waals surface area contributed by atoms with E-state index in [9.17, 15) is 0 Å². The van der Waals surface area contributed by atoms with Crippen molar-refractivity contribution in [1.29, 1.82) is 0 Å². The molecule has 4 heterocycles. The van der Waals surface area contributed by atoms with Crippen LogP contribution in [0.4, 0.5) is 0 Å². The lowest BCUT2D eigenvalue weighted by Gasteiger charge is -2.03. The molecule has 4 aromatic heterocycles. The minimum atomic E-state index is 1.09. The van der Waals surface area contributed by atoms with Crippen LogP contribution < -0.4 is 0 Å². The first kappa shape index (κ1) is 30.7. The molecule has 4 rings (SSSR count). The second-order valence-electron chi connectivity index (χ2n) is 11.1. The number of aryl methyl sites for hydroxylation is 2. The molecule has 40 heavy (non-hydrogen) atoms. The molecule has 0 aliphatic carbocycles. The highest BCUT2D eigenvalue weighted by Gasteiger charge is 2.10. The summed E-state index contributed by atoms with van der Waals surface area (Å²) in [6.45, 7) is 4.56. The van der Waals surface area contributed by atoms with Crippen molar-refractivity contribution in [1.82, 2.24) is 9.97 Å². The third-order valence-corrected chi connectivity index (χ3v) is 10.2. The molecule has 0 N–H and O–H groups in total. The zero-order valence-electron chi connectivity index (χ0n) is 24.8. The van der Waals surface area contributed by atoms with E-state index in [0.717, 1.165) is 12.8 Å². The molecule has 0 spiro atoms. The van der Waals surface area contributed by atoms with Gasteiger partial charge in [-0.25, -0.2) is 0 Å². The number of hydrogen-bond acceptors (Lipinski definition) is 4. The monoisotopic (exact) mass is 572 g/mol. The highest BCUT2D eigenvalue weighted by Crippen LogP contribution is 2.40. The number of pyridine rings is 2. The van der Waals surface area contributed by atoms with E-state index < -0.39 is 0 Å². The Bertz CT molecular complexity index is 1120. The molecule has 0 bridgehead atoms. The van der Waals surface area contributed by atoms with E-state index in [1.54, 1.807) is 0 Å². The lowest BCUT2D eigenvalue weighted by Crippen LogP contribution is -1.90. The van der Waals surface area contributed by atoms with Gasteiger partial charge >= 0.3 is 0 Å². The van der Waals surface area contributed by atoms with Gasteiger partial charge in [0.15, 0.2) is 0 Å². The number of nitrogens with zero attached hydrogens (tertiary/aromatic N) is 2. The van der Waals surface area contributed by atoms with Crippen molar-refractivity contribution < 1.29 is 0 Å². The van der Waals surface area contributed by atoms with Crippen molar-refractivity contribution in [2.24, 2.45) is 0 Å². The SMILES string of the molecule is CCCCCCCCCc1ccc(-c2ccc(-c3ccc(-c4ccc(CCCCCCCCC)nc4)s3)s2)cn1. The van der Waals surface area contributed by atoms with Crippen LogP contribution in [0, 0.1) is 0 Å². The molecular formula is C36H48N2S2. The Morgan fingerprint density at radius 3 is 1.18 bits per heavy atom. The van der Waals surface area contributed by atoms with E-state index in [4.69, 9.17) is 9.97 Å². The molecule has 0 amide bonds. The van der Waals surface area contributed by atoms with Crippen LogP contribution in [0.5, 0.6) is 0 Å². The maximum atomic E-state index is 4.78. The molecule has 4 aromatic rings. The van der Waals surface area contributed by atoms with Crippen molar-refractivity contribution >= 4 is 22.7 Å². The smallest absolute Gasteiger partial charge is 0.0449 e. The van der Waals surface area contributed by atoms with Gasteiger partial charge in [-0.2, -0.15) is 0 Å². The highest BCUT2D eigenvalue weighted by molar-refractivity contribution is 7.25. The van der Waals surface area contributed by atoms with E-state index in [1.807, 2.05) is 22.7 Å². The number of unbranched alkanes of at least 4 members (excludes halogenated alkanes) is 12. The summed E-state index contributed by atoms with van der Waals surface area (Å²) in [5.74, 6) is 0. The number of aromatic nitrogens is 2. The van der Waals surface area contributed by atoms with E-state index in [2.05, 4.69) is 74.8 Å². The summed E-state index contributed by atoms with van der Waals surface area (Å²) >= 11 is 3.72. The van der Waals surface area contributed by atoms with Gasteiger partial charge in [0.25, 0.3) is 0 Å². The van der Waals surface area contributed by atoms with Crippen molar-refractivity contribution in [2.75, 3.05) is 0 Å². The minimum absolute atomic E-state index is 1.09. The van der Waals surface area contributed by atoms with Gasteiger partial charge in [0.1, 0.15) is 0 Å². The molecular weight excluding hydrogens is 525 g/mol. The summed E-state index contributed by atoms with van der Waals surface area (Å²) < 4.78 is 0. The quantitative estimate of drug-likeness (QED) is 0.104. The fourth-order valence-electron chi connectivity index (χ4n) is 5.21. The zero-order chi connectivity index (χ0) is 27.8. The van der Waals surface area contributed by atoms with Gasteiger partial charge in [0, 0.05) is 54.4 Å². The predicted octanol–water partition coefficient (Wildman–Crippen LogP) is 12.2. The lowest BCUT2D eigenvalue weighted by molar-refractivity contribution is 0.587. The Balaban J connectivity index is 1.24. The third-order valence-electron chi connectivity index (χ3n) is 7.75. The van der Waals surface area contributed by atoms with Gasteiger partial charge in [0.2, 0.25) is 0 Å². The first-order chi connectivity index (χ1) is 19.8. The highest BCUT2D eigenvalue weighted by atomic mass is 32.1. The van der Waals surface area contributed by atoms with E-state index in [-0.39, 0.29) is 0 Å². The van der Waals surface area contributed by atoms with Gasteiger partial charge in [-0.15, -0.1) is 22.7 Å². The predicted molar refractivity (Wildman–Crippen MR) is 177 cm³/mol. The largest absolute Gasteiger partial charge is 0.261 e. The van der Waals surface area contributed by atoms with Crippen LogP contribution in [0.1, 0.15) is 115 Å². The molecule has 2 nitrogen and oxygen atoms in total. The van der Waals surface area contributed by atoms with Crippen molar-refractivity contribution in [3.63, 3.8) is 0 Å². The van der Waals surface area contributed by atoms with Crippen LogP contribution in [0.3, 0.4) is 0 Å². The van der Waals surface area contributed by atoms with Crippen LogP contribution in [0.2, 0.25) is 0 Å². The van der Waals surface area contributed by atoms with Crippen LogP contribution in [0.15, 0.2) is 60.9 Å². The minimum Gasteiger partial charge on any atom is -0.261 e. The molecule has 0 radical (unpaired) electrons. The first-order valence-corrected chi connectivity index (χ1v) is 17.5. The standard InChI is InChI=1S/C36H48N2S2/c1-3-5-7-9-11-13-15-17-31-21-19-29(27-37-31)33-23-25-35(39-33)36-26-24-34(40-36)30-20-22-32(38-28-30)18-16-14-12-10-8-6-4-2/h19-28H,3-18H2,1-2H3. The van der Waals surface area contributed by atoms with E-state index in [0.29, 0.717) is 0 Å². The number of rotatable bonds is 19. The molecule has 0 fully saturated rings. The Hall–Kier alpha value is -2.30. The van der Waals surface area contributed by atoms with Gasteiger partial charge < -0.3 is 0 Å². The Morgan fingerprint density at radius 1 is 0.425 bits per heavy atom. The normalized spacial score (nSPS) is 11.3. The van der Waals surface area contributed by atoms with Crippen LogP contribution in [-0.2, 0) is 12.8 Å². The molecule has 4 heteroatoms. The van der Waals surface area contributed by atoms with Gasteiger partial charge in [-0.3, -0.25) is 9.97 Å². The second-order valence-corrected chi connectivity index (χ2v) is 13.3. The summed E-state index contributed by atoms with van der Waals surface area (Å²) in [4.78, 5) is 14.8. The second kappa shape index (κ2) is 17.5. The molecule has 0 saturated heterocycles. The average molecular weight is 573 g/mol. The van der Waals surface area contributed by atoms with Crippen molar-refractivity contribution in [3.8, 4) is 30.6 Å². The maximum absolute atomic E-state index is 4.78. The summed E-state index contributed by atoms with van der Waals surface area (Å²) in [5.41, 5.74) is 4.88. The molecule has 0 saturated carbocycles. The van der Waals surface area contributed by atoms with Gasteiger partial charge in [-0.1, -0.05) is 103 Å². The third kappa shape index (κ3) is 9.96. The topological polar surface area (TPSA) is 25.8 Å². The zero-order valence-corrected chi connectivity index (χ0v) is 26.4. The summed E-state index contributed by atoms with van der Waals surface area (Å²) in [6, 6.07) is 17.9.